The molecular weight excluding hydrogens is 342 g/mol. The van der Waals surface area contributed by atoms with Crippen LogP contribution in [0.1, 0.15) is 34.7 Å². The number of nitrogens with one attached hydrogen (secondary N) is 2. The molecule has 2 rings (SSSR count). The lowest BCUT2D eigenvalue weighted by Crippen LogP contribution is -2.15. The number of anilines is 2. The molecule has 0 aliphatic carbocycles. The number of aromatic nitrogens is 1. The van der Waals surface area contributed by atoms with Crippen molar-refractivity contribution in [3.8, 4) is 0 Å². The zero-order valence-electron chi connectivity index (χ0n) is 14.3. The molecule has 1 amide bonds. The predicted octanol–water partition coefficient (Wildman–Crippen LogP) is 3.84. The maximum Gasteiger partial charge on any atom is 0.337 e. The average molecular weight is 362 g/mol. The van der Waals surface area contributed by atoms with Gasteiger partial charge < -0.3 is 15.4 Å². The van der Waals surface area contributed by atoms with E-state index in [1.807, 2.05) is 0 Å². The van der Waals surface area contributed by atoms with Crippen LogP contribution in [0, 0.1) is 5.92 Å². The maximum atomic E-state index is 12.4. The molecule has 0 saturated carbocycles. The number of esters is 1. The Morgan fingerprint density at radius 3 is 2.68 bits per heavy atom. The molecule has 0 fully saturated rings. The molecule has 2 N–H and O–H groups in total. The first-order chi connectivity index (χ1) is 11.9. The van der Waals surface area contributed by atoms with Crippen molar-refractivity contribution in [1.29, 1.82) is 0 Å². The van der Waals surface area contributed by atoms with E-state index in [1.54, 1.807) is 18.3 Å². The molecule has 1 heterocycles. The number of benzene rings is 1. The maximum absolute atomic E-state index is 12.4. The molecule has 7 heteroatoms. The van der Waals surface area contributed by atoms with Crippen molar-refractivity contribution in [2.45, 2.75) is 13.8 Å². The fourth-order valence-corrected chi connectivity index (χ4v) is 2.20. The minimum Gasteiger partial charge on any atom is -0.465 e. The number of methoxy groups -OCH3 is 1. The Kier molecular flexibility index (Phi) is 6.36. The lowest BCUT2D eigenvalue weighted by Gasteiger charge is -2.11. The van der Waals surface area contributed by atoms with Gasteiger partial charge in [0.2, 0.25) is 0 Å². The normalized spacial score (nSPS) is 10.4. The minimum absolute atomic E-state index is 0.244. The van der Waals surface area contributed by atoms with Gasteiger partial charge in [-0.15, -0.1) is 0 Å². The molecule has 0 saturated heterocycles. The highest BCUT2D eigenvalue weighted by molar-refractivity contribution is 6.34. The van der Waals surface area contributed by atoms with Crippen molar-refractivity contribution in [3.05, 3.63) is 52.8 Å². The van der Waals surface area contributed by atoms with Crippen molar-refractivity contribution in [3.63, 3.8) is 0 Å². The molecule has 0 spiro atoms. The van der Waals surface area contributed by atoms with Crippen LogP contribution in [-0.4, -0.2) is 30.5 Å². The van der Waals surface area contributed by atoms with Gasteiger partial charge in [-0.1, -0.05) is 25.4 Å². The average Bonchev–Trinajstić information content (AvgIpc) is 2.61. The van der Waals surface area contributed by atoms with Crippen LogP contribution in [0.2, 0.25) is 5.02 Å². The summed E-state index contributed by atoms with van der Waals surface area (Å²) in [4.78, 5) is 28.1. The van der Waals surface area contributed by atoms with E-state index < -0.39 is 11.9 Å². The molecule has 1 aromatic heterocycles. The van der Waals surface area contributed by atoms with E-state index >= 15 is 0 Å². The van der Waals surface area contributed by atoms with E-state index in [9.17, 15) is 9.59 Å². The third-order valence-corrected chi connectivity index (χ3v) is 3.67. The summed E-state index contributed by atoms with van der Waals surface area (Å²) in [7, 11) is 1.29. The van der Waals surface area contributed by atoms with Crippen LogP contribution in [0.25, 0.3) is 0 Å². The summed E-state index contributed by atoms with van der Waals surface area (Å²) in [6.45, 7) is 4.98. The molecule has 0 unspecified atom stereocenters. The van der Waals surface area contributed by atoms with Gasteiger partial charge in [0.15, 0.2) is 0 Å². The van der Waals surface area contributed by atoms with E-state index in [1.165, 1.54) is 25.3 Å². The number of hydrogen-bond acceptors (Lipinski definition) is 5. The molecule has 0 atom stereocenters. The molecule has 0 aliphatic rings. The molecule has 1 aromatic carbocycles. The number of carbonyl (C=O) groups excluding carboxylic acids is 2. The summed E-state index contributed by atoms with van der Waals surface area (Å²) < 4.78 is 4.67. The van der Waals surface area contributed by atoms with Gasteiger partial charge in [-0.25, -0.2) is 4.79 Å². The van der Waals surface area contributed by atoms with E-state index in [4.69, 9.17) is 11.6 Å². The third-order valence-electron chi connectivity index (χ3n) is 3.34. The van der Waals surface area contributed by atoms with E-state index in [-0.39, 0.29) is 5.69 Å². The Morgan fingerprint density at radius 1 is 1.24 bits per heavy atom. The lowest BCUT2D eigenvalue weighted by molar-refractivity contribution is 0.0600. The monoisotopic (exact) mass is 361 g/mol. The van der Waals surface area contributed by atoms with Crippen LogP contribution in [0.4, 0.5) is 11.4 Å². The van der Waals surface area contributed by atoms with Gasteiger partial charge in [-0.2, -0.15) is 0 Å². The highest BCUT2D eigenvalue weighted by Gasteiger charge is 2.13. The summed E-state index contributed by atoms with van der Waals surface area (Å²) in [5, 5.41) is 6.22. The molecule has 2 aromatic rings. The first-order valence-corrected chi connectivity index (χ1v) is 8.17. The van der Waals surface area contributed by atoms with Crippen LogP contribution >= 0.6 is 11.6 Å². The van der Waals surface area contributed by atoms with Crippen molar-refractivity contribution in [2.75, 3.05) is 24.3 Å². The number of carbonyl (C=O) groups is 2. The molecule has 0 radical (unpaired) electrons. The number of amides is 1. The van der Waals surface area contributed by atoms with Crippen molar-refractivity contribution < 1.29 is 14.3 Å². The van der Waals surface area contributed by atoms with Crippen molar-refractivity contribution in [2.24, 2.45) is 5.92 Å². The fourth-order valence-electron chi connectivity index (χ4n) is 2.04. The fraction of sp³-hybridized carbons (Fsp3) is 0.278. The number of ether oxygens (including phenoxy) is 1. The highest BCUT2D eigenvalue weighted by atomic mass is 35.5. The summed E-state index contributed by atoms with van der Waals surface area (Å²) in [6.07, 6.45) is 1.56. The second-order valence-electron chi connectivity index (χ2n) is 5.84. The Labute approximate surface area is 151 Å². The zero-order chi connectivity index (χ0) is 18.4. The number of hydrogen-bond donors (Lipinski definition) is 2. The van der Waals surface area contributed by atoms with Crippen molar-refractivity contribution >= 4 is 34.9 Å². The molecule has 25 heavy (non-hydrogen) atoms. The zero-order valence-corrected chi connectivity index (χ0v) is 15.1. The second kappa shape index (κ2) is 8.48. The van der Waals surface area contributed by atoms with Crippen molar-refractivity contribution in [1.82, 2.24) is 4.98 Å². The lowest BCUT2D eigenvalue weighted by atomic mass is 10.2. The van der Waals surface area contributed by atoms with E-state index in [0.717, 1.165) is 12.2 Å². The molecule has 0 aliphatic heterocycles. The number of nitrogens with zero attached hydrogens (tertiary/aromatic N) is 1. The Morgan fingerprint density at radius 2 is 2.00 bits per heavy atom. The summed E-state index contributed by atoms with van der Waals surface area (Å²) in [6, 6.07) is 7.97. The standard InChI is InChI=1S/C18H20ClN3O3/c1-11(2)10-21-13-6-7-20-16(9-13)17(23)22-15-8-12(18(24)25-3)4-5-14(15)19/h4-9,11H,10H2,1-3H3,(H,20,21)(H,22,23). The quantitative estimate of drug-likeness (QED) is 0.764. The van der Waals surface area contributed by atoms with Gasteiger partial charge >= 0.3 is 5.97 Å². The number of rotatable bonds is 6. The topological polar surface area (TPSA) is 80.3 Å². The smallest absolute Gasteiger partial charge is 0.337 e. The van der Waals surface area contributed by atoms with Crippen LogP contribution in [0.3, 0.4) is 0 Å². The SMILES string of the molecule is COC(=O)c1ccc(Cl)c(NC(=O)c2cc(NCC(C)C)ccn2)c1. The summed E-state index contributed by atoms with van der Waals surface area (Å²) in [5.41, 5.74) is 1.66. The summed E-state index contributed by atoms with van der Waals surface area (Å²) in [5.74, 6) is -0.451. The number of pyridine rings is 1. The third kappa shape index (κ3) is 5.19. The Balaban J connectivity index is 2.17. The first kappa shape index (κ1) is 18.7. The number of halogens is 1. The van der Waals surface area contributed by atoms with Gasteiger partial charge in [-0.05, 0) is 36.2 Å². The van der Waals surface area contributed by atoms with Crippen LogP contribution in [0.15, 0.2) is 36.5 Å². The first-order valence-electron chi connectivity index (χ1n) is 7.80. The van der Waals surface area contributed by atoms with Gasteiger partial charge in [0.05, 0.1) is 23.4 Å². The van der Waals surface area contributed by atoms with Crippen LogP contribution in [-0.2, 0) is 4.74 Å². The predicted molar refractivity (Wildman–Crippen MR) is 98.3 cm³/mol. The highest BCUT2D eigenvalue weighted by Crippen LogP contribution is 2.24. The van der Waals surface area contributed by atoms with E-state index in [2.05, 4.69) is 34.2 Å². The Bertz CT molecular complexity index is 778. The summed E-state index contributed by atoms with van der Waals surface area (Å²) >= 11 is 6.09. The second-order valence-corrected chi connectivity index (χ2v) is 6.25. The van der Waals surface area contributed by atoms with Gasteiger partial charge in [-0.3, -0.25) is 9.78 Å². The van der Waals surface area contributed by atoms with Gasteiger partial charge in [0.1, 0.15) is 5.69 Å². The molecular formula is C18H20ClN3O3. The Hall–Kier alpha value is -2.60. The minimum atomic E-state index is -0.509. The molecule has 132 valence electrons. The molecule has 0 bridgehead atoms. The van der Waals surface area contributed by atoms with Crippen LogP contribution in [0.5, 0.6) is 0 Å². The largest absolute Gasteiger partial charge is 0.465 e. The van der Waals surface area contributed by atoms with E-state index in [0.29, 0.717) is 22.2 Å². The van der Waals surface area contributed by atoms with Crippen LogP contribution < -0.4 is 10.6 Å². The van der Waals surface area contributed by atoms with Gasteiger partial charge in [0, 0.05) is 18.4 Å². The molecule has 6 nitrogen and oxygen atoms in total. The van der Waals surface area contributed by atoms with Gasteiger partial charge in [0.25, 0.3) is 5.91 Å².